The average Bonchev–Trinajstić information content (AvgIpc) is 3.13. The highest BCUT2D eigenvalue weighted by atomic mass is 16.5. The molecule has 0 aliphatic heterocycles. The molecule has 3 aromatic rings. The summed E-state index contributed by atoms with van der Waals surface area (Å²) in [5.74, 6) is -1.39. The highest BCUT2D eigenvalue weighted by molar-refractivity contribution is 5.92. The van der Waals surface area contributed by atoms with Crippen LogP contribution in [0.2, 0.25) is 0 Å². The van der Waals surface area contributed by atoms with Gasteiger partial charge < -0.3 is 36.2 Å². The van der Waals surface area contributed by atoms with Crippen LogP contribution in [-0.4, -0.2) is 75.9 Å². The molecule has 1 aromatic heterocycles. The van der Waals surface area contributed by atoms with E-state index < -0.39 is 54.1 Å². The van der Waals surface area contributed by atoms with Crippen LogP contribution in [0.15, 0.2) is 66.9 Å². The van der Waals surface area contributed by atoms with Gasteiger partial charge in [0.25, 0.3) is 0 Å². The third-order valence-corrected chi connectivity index (χ3v) is 9.25. The number of rotatable bonds is 21. The van der Waals surface area contributed by atoms with Gasteiger partial charge in [0.2, 0.25) is 17.7 Å². The van der Waals surface area contributed by atoms with Crippen LogP contribution in [0.3, 0.4) is 0 Å². The number of carbonyl (C=O) groups is 4. The van der Waals surface area contributed by atoms with Gasteiger partial charge in [-0.25, -0.2) is 4.79 Å². The SMILES string of the molecule is CCCC[C@H](NC(=O)[C@H](Cc1cccc2ncccc12)NC(=O)OCc1ccccc1)C(=O)NC(CC(C)C)C(O)CC(=O)N[C@H](CO)C(C)CC. The molecule has 0 radical (unpaired) electrons. The summed E-state index contributed by atoms with van der Waals surface area (Å²) in [6, 6.07) is 15.1. The van der Waals surface area contributed by atoms with Crippen molar-refractivity contribution in [3.63, 3.8) is 0 Å². The van der Waals surface area contributed by atoms with E-state index in [1.54, 1.807) is 12.3 Å². The summed E-state index contributed by atoms with van der Waals surface area (Å²) >= 11 is 0. The normalized spacial score (nSPS) is 14.8. The highest BCUT2D eigenvalue weighted by Gasteiger charge is 2.31. The summed E-state index contributed by atoms with van der Waals surface area (Å²) in [6.07, 6.45) is 2.37. The Morgan fingerprint density at radius 1 is 0.827 bits per heavy atom. The van der Waals surface area contributed by atoms with Crippen molar-refractivity contribution in [3.05, 3.63) is 78.0 Å². The van der Waals surface area contributed by atoms with Gasteiger partial charge in [-0.05, 0) is 47.9 Å². The number of ether oxygens (including phenoxy) is 1. The van der Waals surface area contributed by atoms with Crippen LogP contribution in [0.4, 0.5) is 4.79 Å². The number of carbonyl (C=O) groups excluding carboxylic acids is 4. The second kappa shape index (κ2) is 21.7. The molecule has 0 aliphatic carbocycles. The Labute approximate surface area is 307 Å². The van der Waals surface area contributed by atoms with Gasteiger partial charge in [-0.15, -0.1) is 0 Å². The molecule has 1 heterocycles. The first-order valence-corrected chi connectivity index (χ1v) is 18.4. The summed E-state index contributed by atoms with van der Waals surface area (Å²) in [7, 11) is 0. The fourth-order valence-corrected chi connectivity index (χ4v) is 5.98. The van der Waals surface area contributed by atoms with Crippen molar-refractivity contribution in [3.8, 4) is 0 Å². The van der Waals surface area contributed by atoms with E-state index in [-0.39, 0.29) is 37.9 Å². The lowest BCUT2D eigenvalue weighted by atomic mass is 9.95. The van der Waals surface area contributed by atoms with Crippen LogP contribution in [0.1, 0.15) is 84.3 Å². The van der Waals surface area contributed by atoms with E-state index in [4.69, 9.17) is 4.74 Å². The molecule has 12 nitrogen and oxygen atoms in total. The van der Waals surface area contributed by atoms with Gasteiger partial charge in [0, 0.05) is 18.0 Å². The van der Waals surface area contributed by atoms with Crippen LogP contribution >= 0.6 is 0 Å². The molecule has 2 aromatic carbocycles. The predicted molar refractivity (Wildman–Crippen MR) is 201 cm³/mol. The lowest BCUT2D eigenvalue weighted by Crippen LogP contribution is -2.57. The van der Waals surface area contributed by atoms with E-state index in [1.807, 2.05) is 89.2 Å². The fraction of sp³-hybridized carbons (Fsp3) is 0.525. The number of nitrogens with one attached hydrogen (secondary N) is 4. The number of benzene rings is 2. The number of amides is 4. The van der Waals surface area contributed by atoms with E-state index in [9.17, 15) is 29.4 Å². The maximum absolute atomic E-state index is 14.0. The Bertz CT molecular complexity index is 1560. The number of hydrogen-bond acceptors (Lipinski definition) is 8. The van der Waals surface area contributed by atoms with Crippen LogP contribution in [0.5, 0.6) is 0 Å². The van der Waals surface area contributed by atoms with E-state index in [2.05, 4.69) is 26.3 Å². The van der Waals surface area contributed by atoms with Gasteiger partial charge in [-0.3, -0.25) is 19.4 Å². The number of pyridine rings is 1. The molecule has 52 heavy (non-hydrogen) atoms. The van der Waals surface area contributed by atoms with Gasteiger partial charge in [-0.1, -0.05) is 102 Å². The molecule has 3 unspecified atom stereocenters. The van der Waals surface area contributed by atoms with Gasteiger partial charge in [0.05, 0.1) is 36.7 Å². The van der Waals surface area contributed by atoms with Crippen molar-refractivity contribution in [1.82, 2.24) is 26.3 Å². The second-order valence-electron chi connectivity index (χ2n) is 13.9. The minimum absolute atomic E-state index is 0.0105. The third kappa shape index (κ3) is 13.5. The lowest BCUT2D eigenvalue weighted by molar-refractivity contribution is -0.131. The summed E-state index contributed by atoms with van der Waals surface area (Å²) in [4.78, 5) is 58.2. The lowest BCUT2D eigenvalue weighted by Gasteiger charge is -2.29. The molecule has 0 bridgehead atoms. The maximum atomic E-state index is 14.0. The van der Waals surface area contributed by atoms with Crippen LogP contribution in [0, 0.1) is 11.8 Å². The molecule has 6 atom stereocenters. The number of aliphatic hydroxyl groups excluding tert-OH is 2. The Morgan fingerprint density at radius 2 is 1.56 bits per heavy atom. The predicted octanol–water partition coefficient (Wildman–Crippen LogP) is 4.55. The number of aromatic nitrogens is 1. The van der Waals surface area contributed by atoms with E-state index in [0.29, 0.717) is 19.3 Å². The van der Waals surface area contributed by atoms with Crippen molar-refractivity contribution in [2.75, 3.05) is 6.61 Å². The first-order chi connectivity index (χ1) is 24.9. The van der Waals surface area contributed by atoms with E-state index in [0.717, 1.165) is 34.9 Å². The first-order valence-electron chi connectivity index (χ1n) is 18.4. The molecule has 4 amide bonds. The molecule has 0 fully saturated rings. The van der Waals surface area contributed by atoms with Crippen molar-refractivity contribution < 1.29 is 34.1 Å². The molecular formula is C40H57N5O7. The zero-order valence-electron chi connectivity index (χ0n) is 31.1. The van der Waals surface area contributed by atoms with Crippen LogP contribution < -0.4 is 21.3 Å². The molecule has 0 saturated carbocycles. The first kappa shape index (κ1) is 41.9. The fourth-order valence-electron chi connectivity index (χ4n) is 5.98. The van der Waals surface area contributed by atoms with Gasteiger partial charge in [0.15, 0.2) is 0 Å². The quantitative estimate of drug-likeness (QED) is 0.0928. The Morgan fingerprint density at radius 3 is 2.23 bits per heavy atom. The summed E-state index contributed by atoms with van der Waals surface area (Å²) in [5, 5.41) is 33.0. The van der Waals surface area contributed by atoms with E-state index >= 15 is 0 Å². The topological polar surface area (TPSA) is 179 Å². The number of nitrogens with zero attached hydrogens (tertiary/aromatic N) is 1. The van der Waals surface area contributed by atoms with Crippen molar-refractivity contribution in [1.29, 1.82) is 0 Å². The summed E-state index contributed by atoms with van der Waals surface area (Å²) < 4.78 is 5.45. The van der Waals surface area contributed by atoms with Gasteiger partial charge >= 0.3 is 6.09 Å². The number of alkyl carbamates (subject to hydrolysis) is 1. The van der Waals surface area contributed by atoms with E-state index in [1.165, 1.54) is 0 Å². The molecule has 284 valence electrons. The molecule has 6 N–H and O–H groups in total. The molecular weight excluding hydrogens is 662 g/mol. The second-order valence-corrected chi connectivity index (χ2v) is 13.9. The zero-order valence-corrected chi connectivity index (χ0v) is 31.1. The maximum Gasteiger partial charge on any atom is 0.408 e. The number of fused-ring (bicyclic) bond motifs is 1. The largest absolute Gasteiger partial charge is 0.445 e. The monoisotopic (exact) mass is 719 g/mol. The molecule has 0 aliphatic rings. The Balaban J connectivity index is 1.80. The van der Waals surface area contributed by atoms with Crippen LogP contribution in [-0.2, 0) is 32.1 Å². The minimum atomic E-state index is -1.21. The van der Waals surface area contributed by atoms with Crippen LogP contribution in [0.25, 0.3) is 10.9 Å². The number of unbranched alkanes of at least 4 members (excludes halogenated alkanes) is 1. The minimum Gasteiger partial charge on any atom is -0.445 e. The third-order valence-electron chi connectivity index (χ3n) is 9.25. The van der Waals surface area contributed by atoms with Crippen molar-refractivity contribution in [2.24, 2.45) is 11.8 Å². The number of hydrogen-bond donors (Lipinski definition) is 6. The Hall–Kier alpha value is -4.55. The summed E-state index contributed by atoms with van der Waals surface area (Å²) in [6.45, 7) is 9.55. The molecule has 3 rings (SSSR count). The smallest absolute Gasteiger partial charge is 0.408 e. The average molecular weight is 720 g/mol. The zero-order chi connectivity index (χ0) is 38.0. The van der Waals surface area contributed by atoms with Crippen molar-refractivity contribution >= 4 is 34.7 Å². The van der Waals surface area contributed by atoms with Gasteiger partial charge in [-0.2, -0.15) is 0 Å². The molecule has 12 heteroatoms. The summed E-state index contributed by atoms with van der Waals surface area (Å²) in [5.41, 5.74) is 2.30. The van der Waals surface area contributed by atoms with Gasteiger partial charge in [0.1, 0.15) is 18.7 Å². The number of aliphatic hydroxyl groups is 2. The highest BCUT2D eigenvalue weighted by Crippen LogP contribution is 2.19. The Kier molecular flexibility index (Phi) is 17.5. The van der Waals surface area contributed by atoms with Crippen molar-refractivity contribution in [2.45, 2.75) is 116 Å². The molecule has 0 saturated heterocycles. The molecule has 0 spiro atoms. The standard InChI is InChI=1S/C40H57N5O7/c1-6-8-18-32(38(49)44-33(21-26(3)4)36(47)23-37(48)42-35(24-46)27(5)7-2)43-39(50)34(45-40(51)52-25-28-14-10-9-11-15-28)22-29-16-12-19-31-30(29)17-13-20-41-31/h9-17,19-20,26-27,32-36,46-47H,6-8,18,21-25H2,1-5H3,(H,42,48)(H,43,50)(H,44,49)(H,45,51)/t27?,32-,33?,34-,35+,36?/m0/s1.